The van der Waals surface area contributed by atoms with Crippen LogP contribution in [0.15, 0.2) is 12.2 Å². The Morgan fingerprint density at radius 2 is 1.32 bits per heavy atom. The van der Waals surface area contributed by atoms with E-state index in [2.05, 4.69) is 6.92 Å². The van der Waals surface area contributed by atoms with Gasteiger partial charge in [0.1, 0.15) is 0 Å². The van der Waals surface area contributed by atoms with E-state index in [0.717, 1.165) is 12.8 Å². The van der Waals surface area contributed by atoms with E-state index in [1.165, 1.54) is 70.3 Å². The van der Waals surface area contributed by atoms with Crippen molar-refractivity contribution < 1.29 is 40.9 Å². The van der Waals surface area contributed by atoms with E-state index in [-0.39, 0.29) is 31.0 Å². The quantitative estimate of drug-likeness (QED) is 0.319. The normalized spacial score (nSPS) is 10.6. The van der Waals surface area contributed by atoms with Gasteiger partial charge in [0.25, 0.3) is 0 Å². The summed E-state index contributed by atoms with van der Waals surface area (Å²) >= 11 is 0. The molecule has 0 radical (unpaired) electrons. The third-order valence-corrected chi connectivity index (χ3v) is 3.23. The van der Waals surface area contributed by atoms with Gasteiger partial charge in [-0.15, -0.1) is 0 Å². The Morgan fingerprint density at radius 3 is 1.74 bits per heavy atom. The van der Waals surface area contributed by atoms with Crippen LogP contribution in [0.5, 0.6) is 0 Å². The number of hydrogen-bond acceptors (Lipinski definition) is 1. The molecule has 3 heteroatoms. The zero-order chi connectivity index (χ0) is 13.5. The summed E-state index contributed by atoms with van der Waals surface area (Å²) in [7, 11) is 0. The second-order valence-electron chi connectivity index (χ2n) is 5.06. The SMILES string of the molecule is CCCCCCCCCCCCCC=CC(=O)O.[H-].[Na+]. The molecule has 0 aliphatic rings. The minimum absolute atomic E-state index is 0. The molecule has 108 valence electrons. The molecule has 0 aliphatic carbocycles. The molecule has 0 amide bonds. The summed E-state index contributed by atoms with van der Waals surface area (Å²) in [6.45, 7) is 2.26. The molecule has 2 nitrogen and oxygen atoms in total. The monoisotopic (exact) mass is 278 g/mol. The average Bonchev–Trinajstić information content (AvgIpc) is 2.34. The molecule has 1 N–H and O–H groups in total. The van der Waals surface area contributed by atoms with Crippen molar-refractivity contribution in [1.82, 2.24) is 0 Å². The Balaban J connectivity index is -0.00000144. The number of carboxylic acid groups (broad SMARTS) is 1. The second-order valence-corrected chi connectivity index (χ2v) is 5.06. The molecule has 0 aromatic heterocycles. The zero-order valence-corrected chi connectivity index (χ0v) is 15.0. The van der Waals surface area contributed by atoms with Gasteiger partial charge in [-0.3, -0.25) is 0 Å². The smallest absolute Gasteiger partial charge is 1.00 e. The van der Waals surface area contributed by atoms with Crippen LogP contribution in [-0.2, 0) is 4.79 Å². The van der Waals surface area contributed by atoms with Crippen molar-refractivity contribution in [3.8, 4) is 0 Å². The van der Waals surface area contributed by atoms with Gasteiger partial charge in [0.2, 0.25) is 0 Å². The zero-order valence-electron chi connectivity index (χ0n) is 14.0. The first-order valence-corrected chi connectivity index (χ1v) is 7.67. The Hall–Kier alpha value is 0.210. The number of rotatable bonds is 13. The summed E-state index contributed by atoms with van der Waals surface area (Å²) < 4.78 is 0. The Kier molecular flexibility index (Phi) is 20.6. The number of aliphatic carboxylic acids is 1. The van der Waals surface area contributed by atoms with E-state index in [0.29, 0.717) is 0 Å². The van der Waals surface area contributed by atoms with Gasteiger partial charge in [0.15, 0.2) is 0 Å². The maximum absolute atomic E-state index is 10.2. The van der Waals surface area contributed by atoms with Crippen molar-refractivity contribution in [2.75, 3.05) is 0 Å². The number of hydrogen-bond donors (Lipinski definition) is 1. The van der Waals surface area contributed by atoms with E-state index >= 15 is 0 Å². The molecule has 0 unspecified atom stereocenters. The minimum atomic E-state index is -0.835. The van der Waals surface area contributed by atoms with Crippen LogP contribution in [0.25, 0.3) is 0 Å². The molecule has 0 bridgehead atoms. The van der Waals surface area contributed by atoms with E-state index < -0.39 is 5.97 Å². The molecular weight excluding hydrogens is 247 g/mol. The molecule has 0 spiro atoms. The topological polar surface area (TPSA) is 37.3 Å². The summed E-state index contributed by atoms with van der Waals surface area (Å²) in [5.41, 5.74) is 0. The van der Waals surface area contributed by atoms with Crippen LogP contribution in [-0.4, -0.2) is 11.1 Å². The fourth-order valence-corrected chi connectivity index (χ4v) is 2.11. The van der Waals surface area contributed by atoms with Crippen LogP contribution in [0.2, 0.25) is 0 Å². The molecule has 0 saturated carbocycles. The van der Waals surface area contributed by atoms with Crippen molar-refractivity contribution in [3.05, 3.63) is 12.2 Å². The van der Waals surface area contributed by atoms with E-state index in [1.54, 1.807) is 6.08 Å². The third kappa shape index (κ3) is 20.7. The van der Waals surface area contributed by atoms with Gasteiger partial charge >= 0.3 is 35.5 Å². The third-order valence-electron chi connectivity index (χ3n) is 3.23. The predicted octanol–water partition coefficient (Wildman–Crippen LogP) is 2.44. The Morgan fingerprint density at radius 1 is 0.895 bits per heavy atom. The van der Waals surface area contributed by atoms with Crippen LogP contribution in [0.1, 0.15) is 85.4 Å². The van der Waals surface area contributed by atoms with Crippen molar-refractivity contribution in [2.24, 2.45) is 0 Å². The predicted molar refractivity (Wildman–Crippen MR) is 79.0 cm³/mol. The van der Waals surface area contributed by atoms with Crippen LogP contribution < -0.4 is 29.6 Å². The molecule has 0 rings (SSSR count). The van der Waals surface area contributed by atoms with Gasteiger partial charge in [-0.2, -0.15) is 0 Å². The van der Waals surface area contributed by atoms with Gasteiger partial charge in [-0.1, -0.05) is 77.2 Å². The average molecular weight is 278 g/mol. The molecule has 0 aromatic rings. The molecule has 0 saturated heterocycles. The fraction of sp³-hybridized carbons (Fsp3) is 0.812. The molecule has 19 heavy (non-hydrogen) atoms. The minimum Gasteiger partial charge on any atom is -1.00 e. The maximum atomic E-state index is 10.2. The number of unbranched alkanes of at least 4 members (excludes halogenated alkanes) is 11. The van der Waals surface area contributed by atoms with Gasteiger partial charge < -0.3 is 6.53 Å². The van der Waals surface area contributed by atoms with Crippen molar-refractivity contribution in [2.45, 2.75) is 84.0 Å². The van der Waals surface area contributed by atoms with Crippen molar-refractivity contribution >= 4 is 5.97 Å². The standard InChI is InChI=1S/C16H30O2.Na.H/c1-2-3-4-5-6-7-8-9-10-11-12-13-14-15-16(17)18;;/h14-15H,2-13H2,1H3,(H,17,18);;/q;+1;-1. The van der Waals surface area contributed by atoms with Crippen molar-refractivity contribution in [3.63, 3.8) is 0 Å². The van der Waals surface area contributed by atoms with Gasteiger partial charge in [0.05, 0.1) is 0 Å². The summed E-state index contributed by atoms with van der Waals surface area (Å²) in [5, 5.41) is 8.40. The number of carboxylic acids is 1. The summed E-state index contributed by atoms with van der Waals surface area (Å²) in [6, 6.07) is 0. The fourth-order valence-electron chi connectivity index (χ4n) is 2.11. The molecule has 0 atom stereocenters. The summed E-state index contributed by atoms with van der Waals surface area (Å²) in [5.74, 6) is -0.835. The van der Waals surface area contributed by atoms with Gasteiger partial charge in [0, 0.05) is 6.08 Å². The molecule has 0 aliphatic heterocycles. The van der Waals surface area contributed by atoms with E-state index in [1.807, 2.05) is 0 Å². The van der Waals surface area contributed by atoms with E-state index in [4.69, 9.17) is 5.11 Å². The molecule has 0 aromatic carbocycles. The maximum Gasteiger partial charge on any atom is 1.00 e. The number of allylic oxidation sites excluding steroid dienone is 1. The first-order valence-electron chi connectivity index (χ1n) is 7.67. The molecular formula is C16H31NaO2. The second kappa shape index (κ2) is 18.2. The molecule has 0 fully saturated rings. The van der Waals surface area contributed by atoms with Gasteiger partial charge in [-0.25, -0.2) is 4.79 Å². The van der Waals surface area contributed by atoms with Crippen LogP contribution >= 0.6 is 0 Å². The number of carbonyl (C=O) groups is 1. The molecule has 0 heterocycles. The van der Waals surface area contributed by atoms with E-state index in [9.17, 15) is 4.79 Å². The van der Waals surface area contributed by atoms with Crippen molar-refractivity contribution in [1.29, 1.82) is 0 Å². The van der Waals surface area contributed by atoms with Gasteiger partial charge in [-0.05, 0) is 12.8 Å². The Labute approximate surface area is 142 Å². The first-order chi connectivity index (χ1) is 8.77. The summed E-state index contributed by atoms with van der Waals surface area (Å²) in [6.07, 6.45) is 18.6. The van der Waals surface area contributed by atoms with Crippen LogP contribution in [0.3, 0.4) is 0 Å². The van der Waals surface area contributed by atoms with Crippen LogP contribution in [0.4, 0.5) is 0 Å². The first kappa shape index (κ1) is 21.5. The van der Waals surface area contributed by atoms with Crippen LogP contribution in [0, 0.1) is 0 Å². The Bertz CT molecular complexity index is 221. The summed E-state index contributed by atoms with van der Waals surface area (Å²) in [4.78, 5) is 10.2. The largest absolute Gasteiger partial charge is 1.00 e.